The van der Waals surface area contributed by atoms with Gasteiger partial charge in [0.25, 0.3) is 0 Å². The Morgan fingerprint density at radius 1 is 1.18 bits per heavy atom. The van der Waals surface area contributed by atoms with E-state index in [1.165, 1.54) is 6.92 Å². The monoisotopic (exact) mass is 231 g/mol. The summed E-state index contributed by atoms with van der Waals surface area (Å²) in [7, 11) is 1.62. The molecule has 4 nitrogen and oxygen atoms in total. The van der Waals surface area contributed by atoms with Crippen LogP contribution in [0.3, 0.4) is 0 Å². The minimum Gasteiger partial charge on any atom is -0.497 e. The SMILES string of the molecule is COc1ccc(-c2ccc(NC(C)=O)o2)cc1. The van der Waals surface area contributed by atoms with Crippen LogP contribution in [0.4, 0.5) is 5.88 Å². The Bertz CT molecular complexity index is 514. The van der Waals surface area contributed by atoms with Gasteiger partial charge in [-0.15, -0.1) is 0 Å². The molecule has 17 heavy (non-hydrogen) atoms. The van der Waals surface area contributed by atoms with Gasteiger partial charge in [0.2, 0.25) is 5.91 Å². The van der Waals surface area contributed by atoms with Crippen LogP contribution in [-0.2, 0) is 4.79 Å². The van der Waals surface area contributed by atoms with Gasteiger partial charge in [-0.25, -0.2) is 0 Å². The maximum absolute atomic E-state index is 10.9. The summed E-state index contributed by atoms with van der Waals surface area (Å²) < 4.78 is 10.6. The third kappa shape index (κ3) is 2.66. The zero-order valence-electron chi connectivity index (χ0n) is 9.69. The second-order valence-electron chi connectivity index (χ2n) is 3.57. The summed E-state index contributed by atoms with van der Waals surface area (Å²) in [6.45, 7) is 1.44. The van der Waals surface area contributed by atoms with Crippen LogP contribution in [0, 0.1) is 0 Å². The Kier molecular flexibility index (Phi) is 3.14. The van der Waals surface area contributed by atoms with Gasteiger partial charge in [0.05, 0.1) is 7.11 Å². The minimum absolute atomic E-state index is 0.152. The third-order valence-corrected chi connectivity index (χ3v) is 2.28. The van der Waals surface area contributed by atoms with Crippen LogP contribution < -0.4 is 10.1 Å². The lowest BCUT2D eigenvalue weighted by Crippen LogP contribution is -2.04. The van der Waals surface area contributed by atoms with E-state index in [-0.39, 0.29) is 5.91 Å². The summed E-state index contributed by atoms with van der Waals surface area (Å²) in [5.41, 5.74) is 0.933. The second-order valence-corrected chi connectivity index (χ2v) is 3.57. The first-order valence-corrected chi connectivity index (χ1v) is 5.21. The van der Waals surface area contributed by atoms with E-state index in [0.717, 1.165) is 11.3 Å². The number of hydrogen-bond acceptors (Lipinski definition) is 3. The van der Waals surface area contributed by atoms with Crippen LogP contribution in [0.5, 0.6) is 5.75 Å². The molecule has 1 amide bonds. The molecule has 1 heterocycles. The Morgan fingerprint density at radius 2 is 1.88 bits per heavy atom. The number of methoxy groups -OCH3 is 1. The summed E-state index contributed by atoms with van der Waals surface area (Å²) in [4.78, 5) is 10.9. The highest BCUT2D eigenvalue weighted by molar-refractivity contribution is 5.87. The minimum atomic E-state index is -0.152. The number of ether oxygens (including phenoxy) is 1. The quantitative estimate of drug-likeness (QED) is 0.883. The number of benzene rings is 1. The summed E-state index contributed by atoms with van der Waals surface area (Å²) >= 11 is 0. The Morgan fingerprint density at radius 3 is 2.47 bits per heavy atom. The van der Waals surface area contributed by atoms with Crippen molar-refractivity contribution in [3.05, 3.63) is 36.4 Å². The molecule has 1 aromatic carbocycles. The van der Waals surface area contributed by atoms with Crippen molar-refractivity contribution in [1.82, 2.24) is 0 Å². The van der Waals surface area contributed by atoms with Crippen molar-refractivity contribution in [3.8, 4) is 17.1 Å². The van der Waals surface area contributed by atoms with Gasteiger partial charge in [0.15, 0.2) is 5.88 Å². The number of nitrogens with one attached hydrogen (secondary N) is 1. The van der Waals surface area contributed by atoms with E-state index < -0.39 is 0 Å². The topological polar surface area (TPSA) is 51.5 Å². The summed E-state index contributed by atoms with van der Waals surface area (Å²) in [6, 6.07) is 11.0. The van der Waals surface area contributed by atoms with Gasteiger partial charge in [-0.3, -0.25) is 10.1 Å². The largest absolute Gasteiger partial charge is 0.497 e. The molecule has 2 aromatic rings. The fraction of sp³-hybridized carbons (Fsp3) is 0.154. The molecule has 0 unspecified atom stereocenters. The molecular weight excluding hydrogens is 218 g/mol. The first kappa shape index (κ1) is 11.3. The van der Waals surface area contributed by atoms with Gasteiger partial charge in [0, 0.05) is 18.6 Å². The molecular formula is C13H13NO3. The molecule has 0 aliphatic rings. The molecule has 0 saturated carbocycles. The molecule has 0 atom stereocenters. The number of anilines is 1. The van der Waals surface area contributed by atoms with Crippen molar-refractivity contribution >= 4 is 11.8 Å². The first-order valence-electron chi connectivity index (χ1n) is 5.21. The smallest absolute Gasteiger partial charge is 0.223 e. The zero-order valence-corrected chi connectivity index (χ0v) is 9.69. The molecule has 0 radical (unpaired) electrons. The van der Waals surface area contributed by atoms with Gasteiger partial charge in [0.1, 0.15) is 11.5 Å². The number of carbonyl (C=O) groups is 1. The summed E-state index contributed by atoms with van der Waals surface area (Å²) in [6.07, 6.45) is 0. The van der Waals surface area contributed by atoms with Gasteiger partial charge in [-0.05, 0) is 30.3 Å². The van der Waals surface area contributed by atoms with Crippen LogP contribution >= 0.6 is 0 Å². The van der Waals surface area contributed by atoms with Crippen LogP contribution in [0.1, 0.15) is 6.92 Å². The fourth-order valence-electron chi connectivity index (χ4n) is 1.49. The lowest BCUT2D eigenvalue weighted by atomic mass is 10.2. The van der Waals surface area contributed by atoms with Gasteiger partial charge >= 0.3 is 0 Å². The molecule has 0 spiro atoms. The lowest BCUT2D eigenvalue weighted by molar-refractivity contribution is -0.114. The predicted molar refractivity (Wildman–Crippen MR) is 65.0 cm³/mol. The van der Waals surface area contributed by atoms with Crippen molar-refractivity contribution in [2.24, 2.45) is 0 Å². The first-order chi connectivity index (χ1) is 8.19. The third-order valence-electron chi connectivity index (χ3n) is 2.28. The van der Waals surface area contributed by atoms with Crippen LogP contribution in [0.25, 0.3) is 11.3 Å². The van der Waals surface area contributed by atoms with Crippen molar-refractivity contribution < 1.29 is 13.9 Å². The number of rotatable bonds is 3. The molecule has 0 saturated heterocycles. The normalized spacial score (nSPS) is 10.0. The highest BCUT2D eigenvalue weighted by Crippen LogP contribution is 2.26. The van der Waals surface area contributed by atoms with E-state index >= 15 is 0 Å². The molecule has 0 fully saturated rings. The Labute approximate surface area is 99.2 Å². The maximum Gasteiger partial charge on any atom is 0.223 e. The standard InChI is InChI=1S/C13H13NO3/c1-9(15)14-13-8-7-12(17-13)10-3-5-11(16-2)6-4-10/h3-8H,1-2H3,(H,14,15). The van der Waals surface area contributed by atoms with Crippen LogP contribution in [0.2, 0.25) is 0 Å². The molecule has 0 aliphatic heterocycles. The van der Waals surface area contributed by atoms with Crippen LogP contribution in [0.15, 0.2) is 40.8 Å². The zero-order chi connectivity index (χ0) is 12.3. The maximum atomic E-state index is 10.9. The van der Waals surface area contributed by atoms with E-state index in [4.69, 9.17) is 9.15 Å². The predicted octanol–water partition coefficient (Wildman–Crippen LogP) is 2.91. The molecule has 1 aromatic heterocycles. The highest BCUT2D eigenvalue weighted by atomic mass is 16.5. The number of hydrogen-bond donors (Lipinski definition) is 1. The molecule has 0 bridgehead atoms. The van der Waals surface area contributed by atoms with Crippen molar-refractivity contribution in [3.63, 3.8) is 0 Å². The van der Waals surface area contributed by atoms with Crippen molar-refractivity contribution in [2.45, 2.75) is 6.92 Å². The average Bonchev–Trinajstić information content (AvgIpc) is 2.77. The van der Waals surface area contributed by atoms with Gasteiger partial charge < -0.3 is 9.15 Å². The van der Waals surface area contributed by atoms with E-state index in [1.54, 1.807) is 13.2 Å². The average molecular weight is 231 g/mol. The summed E-state index contributed by atoms with van der Waals surface area (Å²) in [5, 5.41) is 2.59. The van der Waals surface area contributed by atoms with Crippen LogP contribution in [-0.4, -0.2) is 13.0 Å². The Balaban J connectivity index is 2.21. The second kappa shape index (κ2) is 4.74. The molecule has 4 heteroatoms. The number of furan rings is 1. The lowest BCUT2D eigenvalue weighted by Gasteiger charge is -2.01. The molecule has 2 rings (SSSR count). The van der Waals surface area contributed by atoms with E-state index in [1.807, 2.05) is 30.3 Å². The van der Waals surface area contributed by atoms with Gasteiger partial charge in [-0.1, -0.05) is 0 Å². The van der Waals surface area contributed by atoms with E-state index in [0.29, 0.717) is 11.6 Å². The fourth-order valence-corrected chi connectivity index (χ4v) is 1.49. The number of carbonyl (C=O) groups excluding carboxylic acids is 1. The van der Waals surface area contributed by atoms with E-state index in [9.17, 15) is 4.79 Å². The van der Waals surface area contributed by atoms with E-state index in [2.05, 4.69) is 5.32 Å². The number of amides is 1. The molecule has 88 valence electrons. The summed E-state index contributed by atoms with van der Waals surface area (Å²) in [5.74, 6) is 1.79. The van der Waals surface area contributed by atoms with Crippen molar-refractivity contribution in [2.75, 3.05) is 12.4 Å². The highest BCUT2D eigenvalue weighted by Gasteiger charge is 2.05. The van der Waals surface area contributed by atoms with Crippen molar-refractivity contribution in [1.29, 1.82) is 0 Å². The Hall–Kier alpha value is -2.23. The molecule has 1 N–H and O–H groups in total. The molecule has 0 aliphatic carbocycles. The van der Waals surface area contributed by atoms with Gasteiger partial charge in [-0.2, -0.15) is 0 Å².